The summed E-state index contributed by atoms with van der Waals surface area (Å²) in [7, 11) is 0. The van der Waals surface area contributed by atoms with Gasteiger partial charge in [0, 0.05) is 6.42 Å². The van der Waals surface area contributed by atoms with Crippen molar-refractivity contribution in [2.75, 3.05) is 0 Å². The van der Waals surface area contributed by atoms with Crippen LogP contribution in [0.5, 0.6) is 0 Å². The summed E-state index contributed by atoms with van der Waals surface area (Å²) in [5.74, 6) is 0.652. The first-order valence-corrected chi connectivity index (χ1v) is 4.74. The summed E-state index contributed by atoms with van der Waals surface area (Å²) in [6.45, 7) is 0. The van der Waals surface area contributed by atoms with Gasteiger partial charge < -0.3 is 4.42 Å². The van der Waals surface area contributed by atoms with E-state index < -0.39 is 11.7 Å². The third-order valence-electron chi connectivity index (χ3n) is 2.21. The number of alkyl halides is 3. The first-order chi connectivity index (χ1) is 7.55. The van der Waals surface area contributed by atoms with Crippen LogP contribution < -0.4 is 0 Å². The summed E-state index contributed by atoms with van der Waals surface area (Å²) in [5, 5.41) is 0. The maximum Gasteiger partial charge on any atom is 0.416 e. The molecule has 0 aliphatic carbocycles. The van der Waals surface area contributed by atoms with E-state index in [0.717, 1.165) is 12.1 Å². The number of hydrogen-bond acceptors (Lipinski definition) is 1. The lowest BCUT2D eigenvalue weighted by Gasteiger charge is -2.07. The van der Waals surface area contributed by atoms with Crippen molar-refractivity contribution >= 4 is 0 Å². The van der Waals surface area contributed by atoms with E-state index in [-0.39, 0.29) is 0 Å². The molecular weight excluding hydrogens is 217 g/mol. The van der Waals surface area contributed by atoms with Crippen LogP contribution in [0.3, 0.4) is 0 Å². The summed E-state index contributed by atoms with van der Waals surface area (Å²) in [6, 6.07) is 8.70. The maximum atomic E-state index is 12.4. The van der Waals surface area contributed by atoms with Crippen molar-refractivity contribution in [2.45, 2.75) is 12.6 Å². The van der Waals surface area contributed by atoms with Crippen LogP contribution in [0.1, 0.15) is 16.9 Å². The Bertz CT molecular complexity index is 457. The Balaban J connectivity index is 2.23. The third-order valence-corrected chi connectivity index (χ3v) is 2.21. The van der Waals surface area contributed by atoms with Crippen molar-refractivity contribution in [1.82, 2.24) is 0 Å². The van der Waals surface area contributed by atoms with Gasteiger partial charge in [-0.15, -0.1) is 0 Å². The molecule has 0 bridgehead atoms. The smallest absolute Gasteiger partial charge is 0.416 e. The van der Waals surface area contributed by atoms with Crippen LogP contribution in [-0.2, 0) is 12.6 Å². The van der Waals surface area contributed by atoms with Gasteiger partial charge in [0.1, 0.15) is 5.76 Å². The molecule has 0 aliphatic rings. The molecule has 0 radical (unpaired) electrons. The first-order valence-electron chi connectivity index (χ1n) is 4.74. The molecule has 0 spiro atoms. The summed E-state index contributed by atoms with van der Waals surface area (Å²) >= 11 is 0. The minimum Gasteiger partial charge on any atom is -0.469 e. The van der Waals surface area contributed by atoms with Gasteiger partial charge in [-0.2, -0.15) is 13.2 Å². The highest BCUT2D eigenvalue weighted by Crippen LogP contribution is 2.29. The van der Waals surface area contributed by atoms with Crippen LogP contribution in [-0.4, -0.2) is 0 Å². The summed E-state index contributed by atoms with van der Waals surface area (Å²) in [6.07, 6.45) is -2.42. The molecule has 0 aliphatic heterocycles. The second-order valence-corrected chi connectivity index (χ2v) is 3.45. The number of furan rings is 1. The predicted molar refractivity (Wildman–Crippen MR) is 53.0 cm³/mol. The lowest BCUT2D eigenvalue weighted by Crippen LogP contribution is -2.05. The average molecular weight is 226 g/mol. The van der Waals surface area contributed by atoms with Crippen LogP contribution in [0, 0.1) is 0 Å². The zero-order chi connectivity index (χ0) is 11.6. The van der Waals surface area contributed by atoms with Crippen LogP contribution in [0.2, 0.25) is 0 Å². The minimum absolute atomic E-state index is 0.372. The van der Waals surface area contributed by atoms with Crippen LogP contribution >= 0.6 is 0 Å². The fourth-order valence-electron chi connectivity index (χ4n) is 1.47. The third kappa shape index (κ3) is 2.45. The summed E-state index contributed by atoms with van der Waals surface area (Å²) < 4.78 is 42.4. The molecule has 1 nitrogen and oxygen atoms in total. The zero-order valence-electron chi connectivity index (χ0n) is 8.29. The van der Waals surface area contributed by atoms with Gasteiger partial charge in [-0.05, 0) is 23.8 Å². The highest BCUT2D eigenvalue weighted by molar-refractivity contribution is 5.28. The van der Waals surface area contributed by atoms with Crippen molar-refractivity contribution in [3.63, 3.8) is 0 Å². The Kier molecular flexibility index (Phi) is 2.73. The quantitative estimate of drug-likeness (QED) is 0.757. The average Bonchev–Trinajstić information content (AvgIpc) is 2.70. The standard InChI is InChI=1S/C12H9F3O/c13-12(14,15)10-4-1-3-9(7-10)8-11-5-2-6-16-11/h1-7H,8H2. The second kappa shape index (κ2) is 4.04. The topological polar surface area (TPSA) is 13.1 Å². The van der Waals surface area contributed by atoms with Gasteiger partial charge in [0.05, 0.1) is 11.8 Å². The van der Waals surface area contributed by atoms with Gasteiger partial charge >= 0.3 is 6.18 Å². The molecule has 4 heteroatoms. The fraction of sp³-hybridized carbons (Fsp3) is 0.167. The first kappa shape index (κ1) is 10.8. The Labute approximate surface area is 90.5 Å². The second-order valence-electron chi connectivity index (χ2n) is 3.45. The van der Waals surface area contributed by atoms with Gasteiger partial charge in [0.15, 0.2) is 0 Å². The Morgan fingerprint density at radius 3 is 2.50 bits per heavy atom. The minimum atomic E-state index is -4.29. The monoisotopic (exact) mass is 226 g/mol. The molecule has 0 fully saturated rings. The molecular formula is C12H9F3O. The highest BCUT2D eigenvalue weighted by Gasteiger charge is 2.30. The summed E-state index contributed by atoms with van der Waals surface area (Å²) in [4.78, 5) is 0. The Morgan fingerprint density at radius 1 is 1.06 bits per heavy atom. The Morgan fingerprint density at radius 2 is 1.88 bits per heavy atom. The molecule has 0 atom stereocenters. The number of rotatable bonds is 2. The zero-order valence-corrected chi connectivity index (χ0v) is 8.29. The van der Waals surface area contributed by atoms with Gasteiger partial charge in [0.25, 0.3) is 0 Å². The molecule has 2 rings (SSSR count). The molecule has 16 heavy (non-hydrogen) atoms. The van der Waals surface area contributed by atoms with Crippen LogP contribution in [0.15, 0.2) is 47.1 Å². The van der Waals surface area contributed by atoms with E-state index in [1.165, 1.54) is 12.3 Å². The molecule has 1 heterocycles. The molecule has 0 unspecified atom stereocenters. The molecule has 84 valence electrons. The largest absolute Gasteiger partial charge is 0.469 e. The lowest BCUT2D eigenvalue weighted by atomic mass is 10.1. The Hall–Kier alpha value is -1.71. The van der Waals surface area contributed by atoms with E-state index in [0.29, 0.717) is 17.7 Å². The van der Waals surface area contributed by atoms with E-state index in [9.17, 15) is 13.2 Å². The van der Waals surface area contributed by atoms with Gasteiger partial charge in [-0.3, -0.25) is 0 Å². The van der Waals surface area contributed by atoms with Crippen molar-refractivity contribution in [1.29, 1.82) is 0 Å². The lowest BCUT2D eigenvalue weighted by molar-refractivity contribution is -0.137. The molecule has 1 aromatic heterocycles. The molecule has 0 saturated heterocycles. The normalized spacial score (nSPS) is 11.7. The molecule has 1 aromatic carbocycles. The molecule has 0 saturated carbocycles. The van der Waals surface area contributed by atoms with Crippen molar-refractivity contribution < 1.29 is 17.6 Å². The van der Waals surface area contributed by atoms with Gasteiger partial charge in [-0.25, -0.2) is 0 Å². The van der Waals surface area contributed by atoms with E-state index in [2.05, 4.69) is 0 Å². The maximum absolute atomic E-state index is 12.4. The van der Waals surface area contributed by atoms with Crippen molar-refractivity contribution in [3.8, 4) is 0 Å². The predicted octanol–water partition coefficient (Wildman–Crippen LogP) is 3.89. The van der Waals surface area contributed by atoms with E-state index in [1.807, 2.05) is 0 Å². The fourth-order valence-corrected chi connectivity index (χ4v) is 1.47. The number of halogens is 3. The highest BCUT2D eigenvalue weighted by atomic mass is 19.4. The van der Waals surface area contributed by atoms with E-state index in [1.54, 1.807) is 18.2 Å². The number of hydrogen-bond donors (Lipinski definition) is 0. The number of benzene rings is 1. The van der Waals surface area contributed by atoms with Crippen molar-refractivity contribution in [2.24, 2.45) is 0 Å². The van der Waals surface area contributed by atoms with Crippen molar-refractivity contribution in [3.05, 3.63) is 59.5 Å². The van der Waals surface area contributed by atoms with Gasteiger partial charge in [-0.1, -0.05) is 18.2 Å². The van der Waals surface area contributed by atoms with Crippen LogP contribution in [0.25, 0.3) is 0 Å². The van der Waals surface area contributed by atoms with E-state index >= 15 is 0 Å². The van der Waals surface area contributed by atoms with Crippen LogP contribution in [0.4, 0.5) is 13.2 Å². The van der Waals surface area contributed by atoms with Gasteiger partial charge in [0.2, 0.25) is 0 Å². The summed E-state index contributed by atoms with van der Waals surface area (Å²) in [5.41, 5.74) is -0.0404. The molecule has 0 amide bonds. The molecule has 2 aromatic rings. The SMILES string of the molecule is FC(F)(F)c1cccc(Cc2ccco2)c1. The molecule has 0 N–H and O–H groups in total. The van der Waals surface area contributed by atoms with E-state index in [4.69, 9.17) is 4.42 Å².